The molecule has 0 saturated carbocycles. The predicted octanol–water partition coefficient (Wildman–Crippen LogP) is 0.200. The van der Waals surface area contributed by atoms with Gasteiger partial charge in [0.25, 0.3) is 0 Å². The Morgan fingerprint density at radius 2 is 2.00 bits per heavy atom. The minimum atomic E-state index is -2.12. The van der Waals surface area contributed by atoms with Crippen molar-refractivity contribution in [3.05, 3.63) is 25.0 Å². The molecular weight excluding hydrogens is 216 g/mol. The van der Waals surface area contributed by atoms with Crippen LogP contribution in [0.2, 0.25) is 0 Å². The summed E-state index contributed by atoms with van der Waals surface area (Å²) in [5.41, 5.74) is -2.12. The fraction of sp³-hybridized carbons (Fsp3) is 0.300. The lowest BCUT2D eigenvalue weighted by Gasteiger charge is -2.34. The number of ether oxygens (including phenoxy) is 1. The Morgan fingerprint density at radius 3 is 2.25 bits per heavy atom. The number of rotatable bonds is 6. The molecule has 2 unspecified atom stereocenters. The second kappa shape index (κ2) is 4.18. The molecule has 2 N–H and O–H groups in total. The van der Waals surface area contributed by atoms with Gasteiger partial charge in [-0.3, -0.25) is 14.4 Å². The molecule has 16 heavy (non-hydrogen) atoms. The van der Waals surface area contributed by atoms with Crippen molar-refractivity contribution in [2.45, 2.75) is 12.5 Å². The van der Waals surface area contributed by atoms with Crippen molar-refractivity contribution in [2.24, 2.45) is 5.41 Å². The van der Waals surface area contributed by atoms with Gasteiger partial charge in [0.2, 0.25) is 0 Å². The van der Waals surface area contributed by atoms with E-state index in [1.165, 1.54) is 12.3 Å². The molecule has 0 spiro atoms. The monoisotopic (exact) mass is 226 g/mol. The van der Waals surface area contributed by atoms with Gasteiger partial charge in [-0.15, -0.1) is 0 Å². The summed E-state index contributed by atoms with van der Waals surface area (Å²) in [6.45, 7) is 3.17. The molecule has 6 heteroatoms. The third-order valence-corrected chi connectivity index (χ3v) is 2.40. The van der Waals surface area contributed by atoms with Crippen LogP contribution in [0, 0.1) is 5.41 Å². The fourth-order valence-electron chi connectivity index (χ4n) is 1.49. The summed E-state index contributed by atoms with van der Waals surface area (Å²) < 4.78 is 4.79. The van der Waals surface area contributed by atoms with Gasteiger partial charge in [-0.2, -0.15) is 0 Å². The van der Waals surface area contributed by atoms with Crippen LogP contribution in [0.3, 0.4) is 0 Å². The Balaban J connectivity index is 3.18. The smallest absolute Gasteiger partial charge is 0.322 e. The minimum absolute atomic E-state index is 0.798. The summed E-state index contributed by atoms with van der Waals surface area (Å²) in [5.74, 6) is -3.80. The van der Waals surface area contributed by atoms with Crippen LogP contribution in [0.1, 0.15) is 6.42 Å². The van der Waals surface area contributed by atoms with E-state index >= 15 is 0 Å². The zero-order chi connectivity index (χ0) is 12.3. The maximum atomic E-state index is 11.6. The van der Waals surface area contributed by atoms with Gasteiger partial charge < -0.3 is 14.9 Å². The Morgan fingerprint density at radius 1 is 1.44 bits per heavy atom. The first-order valence-electron chi connectivity index (χ1n) is 4.39. The molecule has 0 aromatic rings. The van der Waals surface area contributed by atoms with Gasteiger partial charge in [-0.25, -0.2) is 0 Å². The average Bonchev–Trinajstić information content (AvgIpc) is 2.11. The number of allylic oxidation sites excluding steroid dienone is 1. The van der Waals surface area contributed by atoms with Gasteiger partial charge >= 0.3 is 11.9 Å². The largest absolute Gasteiger partial charge is 0.492 e. The van der Waals surface area contributed by atoms with Crippen LogP contribution in [0.25, 0.3) is 0 Å². The van der Waals surface area contributed by atoms with Crippen molar-refractivity contribution in [3.63, 3.8) is 0 Å². The molecule has 0 radical (unpaired) electrons. The second-order valence-corrected chi connectivity index (χ2v) is 3.30. The number of aliphatic carboxylic acids is 2. The van der Waals surface area contributed by atoms with Crippen molar-refractivity contribution in [3.8, 4) is 0 Å². The van der Waals surface area contributed by atoms with Gasteiger partial charge in [0.15, 0.2) is 11.2 Å². The van der Waals surface area contributed by atoms with Crippen LogP contribution in [-0.2, 0) is 19.1 Å². The lowest BCUT2D eigenvalue weighted by atomic mass is 9.74. The van der Waals surface area contributed by atoms with Crippen LogP contribution >= 0.6 is 0 Å². The first-order valence-corrected chi connectivity index (χ1v) is 4.39. The van der Waals surface area contributed by atoms with E-state index in [0.29, 0.717) is 0 Å². The third kappa shape index (κ3) is 1.69. The summed E-state index contributed by atoms with van der Waals surface area (Å²) in [6.07, 6.45) is 1.43. The highest BCUT2D eigenvalue weighted by Crippen LogP contribution is 2.35. The number of carbonyl (C=O) groups is 3. The molecule has 0 saturated heterocycles. The van der Waals surface area contributed by atoms with Crippen molar-refractivity contribution < 1.29 is 29.3 Å². The maximum absolute atomic E-state index is 11.6. The minimum Gasteiger partial charge on any atom is -0.492 e. The number of ketones is 1. The first kappa shape index (κ1) is 12.0. The van der Waals surface area contributed by atoms with Crippen LogP contribution in [0.15, 0.2) is 25.0 Å². The summed E-state index contributed by atoms with van der Waals surface area (Å²) in [4.78, 5) is 33.4. The van der Waals surface area contributed by atoms with Crippen molar-refractivity contribution >= 4 is 17.7 Å². The molecule has 0 bridgehead atoms. The first-order chi connectivity index (χ1) is 7.45. The standard InChI is InChI=1S/C10H10O6/c1-2-6(11)10(9(14)15,5-8(12)13)7-3-4-16-7/h2-4,7H,1,5H2,(H,12,13)(H,14,15). The number of carboxylic acids is 2. The summed E-state index contributed by atoms with van der Waals surface area (Å²) in [6, 6.07) is 0. The van der Waals surface area contributed by atoms with Gasteiger partial charge in [0.05, 0.1) is 12.7 Å². The van der Waals surface area contributed by atoms with E-state index in [1.54, 1.807) is 0 Å². The Bertz CT molecular complexity index is 383. The summed E-state index contributed by atoms with van der Waals surface area (Å²) in [7, 11) is 0. The third-order valence-electron chi connectivity index (χ3n) is 2.40. The number of hydrogen-bond donors (Lipinski definition) is 2. The average molecular weight is 226 g/mol. The van der Waals surface area contributed by atoms with Crippen LogP contribution < -0.4 is 0 Å². The molecular formula is C10H10O6. The Labute approximate surface area is 90.8 Å². The van der Waals surface area contributed by atoms with Gasteiger partial charge in [0.1, 0.15) is 6.10 Å². The quantitative estimate of drug-likeness (QED) is 0.495. The van der Waals surface area contributed by atoms with E-state index in [2.05, 4.69) is 6.58 Å². The Hall–Kier alpha value is -2.11. The van der Waals surface area contributed by atoms with E-state index in [-0.39, 0.29) is 0 Å². The summed E-state index contributed by atoms with van der Waals surface area (Å²) in [5, 5.41) is 17.7. The lowest BCUT2D eigenvalue weighted by Crippen LogP contribution is -2.51. The molecule has 1 aliphatic heterocycles. The second-order valence-electron chi connectivity index (χ2n) is 3.30. The van der Waals surface area contributed by atoms with Crippen molar-refractivity contribution in [1.82, 2.24) is 0 Å². The molecule has 0 aliphatic carbocycles. The molecule has 1 aliphatic rings. The molecule has 1 rings (SSSR count). The van der Waals surface area contributed by atoms with E-state index in [1.807, 2.05) is 0 Å². The molecule has 2 atom stereocenters. The Kier molecular flexibility index (Phi) is 3.12. The SMILES string of the molecule is C=CC(=O)C(CC(=O)O)(C(=O)O)C1C=CO1. The zero-order valence-electron chi connectivity index (χ0n) is 8.25. The van der Waals surface area contributed by atoms with Crippen LogP contribution in [-0.4, -0.2) is 34.0 Å². The molecule has 0 fully saturated rings. The van der Waals surface area contributed by atoms with Crippen LogP contribution in [0.5, 0.6) is 0 Å². The van der Waals surface area contributed by atoms with Crippen LogP contribution in [0.4, 0.5) is 0 Å². The van der Waals surface area contributed by atoms with Gasteiger partial charge in [0, 0.05) is 0 Å². The number of hydrogen-bond acceptors (Lipinski definition) is 4. The number of carbonyl (C=O) groups excluding carboxylic acids is 1. The number of carboxylic acid groups (broad SMARTS) is 2. The maximum Gasteiger partial charge on any atom is 0.322 e. The highest BCUT2D eigenvalue weighted by atomic mass is 16.5. The zero-order valence-corrected chi connectivity index (χ0v) is 8.25. The van der Waals surface area contributed by atoms with Crippen molar-refractivity contribution in [2.75, 3.05) is 0 Å². The molecule has 0 aromatic carbocycles. The topological polar surface area (TPSA) is 101 Å². The molecule has 1 heterocycles. The highest BCUT2D eigenvalue weighted by molar-refractivity contribution is 6.11. The molecule has 0 amide bonds. The van der Waals surface area contributed by atoms with E-state index < -0.39 is 35.7 Å². The molecule has 6 nitrogen and oxygen atoms in total. The van der Waals surface area contributed by atoms with Gasteiger partial charge in [-0.1, -0.05) is 6.58 Å². The predicted molar refractivity (Wildman–Crippen MR) is 51.5 cm³/mol. The fourth-order valence-corrected chi connectivity index (χ4v) is 1.49. The molecule has 0 aromatic heterocycles. The summed E-state index contributed by atoms with van der Waals surface area (Å²) >= 11 is 0. The highest BCUT2D eigenvalue weighted by Gasteiger charge is 2.55. The molecule has 86 valence electrons. The van der Waals surface area contributed by atoms with Gasteiger partial charge in [-0.05, 0) is 12.2 Å². The van der Waals surface area contributed by atoms with E-state index in [4.69, 9.17) is 14.9 Å². The lowest BCUT2D eigenvalue weighted by molar-refractivity contribution is -0.167. The van der Waals surface area contributed by atoms with E-state index in [0.717, 1.165) is 6.08 Å². The van der Waals surface area contributed by atoms with Crippen molar-refractivity contribution in [1.29, 1.82) is 0 Å². The van der Waals surface area contributed by atoms with E-state index in [9.17, 15) is 14.4 Å². The normalized spacial score (nSPS) is 21.1.